The van der Waals surface area contributed by atoms with Crippen LogP contribution in [0.4, 0.5) is 10.5 Å². The number of carbonyl (C=O) groups is 1. The van der Waals surface area contributed by atoms with E-state index in [0.29, 0.717) is 13.1 Å². The zero-order valence-corrected chi connectivity index (χ0v) is 21.0. The Hall–Kier alpha value is -3.47. The van der Waals surface area contributed by atoms with E-state index in [-0.39, 0.29) is 18.2 Å². The molecule has 1 atom stereocenters. The SMILES string of the molecule is Cc1ccc2c(c1)CCN(c1ccccc1)C2c1ccc(OC2CN(C(=O)OC(C)(C)C)C2)cc1. The van der Waals surface area contributed by atoms with Crippen LogP contribution in [0.2, 0.25) is 0 Å². The Kier molecular flexibility index (Phi) is 6.18. The Labute approximate surface area is 208 Å². The van der Waals surface area contributed by atoms with Crippen LogP contribution in [0.3, 0.4) is 0 Å². The molecule has 35 heavy (non-hydrogen) atoms. The molecule has 0 N–H and O–H groups in total. The molecule has 182 valence electrons. The van der Waals surface area contributed by atoms with Crippen LogP contribution in [-0.4, -0.2) is 42.3 Å². The molecule has 0 radical (unpaired) electrons. The van der Waals surface area contributed by atoms with Gasteiger partial charge in [0.1, 0.15) is 17.5 Å². The number of aryl methyl sites for hydroxylation is 1. The second-order valence-corrected chi connectivity index (χ2v) is 10.6. The van der Waals surface area contributed by atoms with Gasteiger partial charge >= 0.3 is 6.09 Å². The number of ether oxygens (including phenoxy) is 2. The number of likely N-dealkylation sites (tertiary alicyclic amines) is 1. The van der Waals surface area contributed by atoms with Crippen LogP contribution in [0.25, 0.3) is 0 Å². The molecule has 5 nitrogen and oxygen atoms in total. The van der Waals surface area contributed by atoms with Gasteiger partial charge in [0, 0.05) is 12.2 Å². The highest BCUT2D eigenvalue weighted by Crippen LogP contribution is 2.39. The van der Waals surface area contributed by atoms with E-state index >= 15 is 0 Å². The highest BCUT2D eigenvalue weighted by Gasteiger charge is 2.35. The van der Waals surface area contributed by atoms with Crippen molar-refractivity contribution in [3.05, 3.63) is 95.1 Å². The summed E-state index contributed by atoms with van der Waals surface area (Å²) < 4.78 is 11.6. The second kappa shape index (κ2) is 9.29. The quantitative estimate of drug-likeness (QED) is 0.459. The van der Waals surface area contributed by atoms with Crippen molar-refractivity contribution in [2.24, 2.45) is 0 Å². The zero-order valence-electron chi connectivity index (χ0n) is 21.0. The van der Waals surface area contributed by atoms with Crippen molar-refractivity contribution in [1.82, 2.24) is 4.90 Å². The molecule has 0 bridgehead atoms. The summed E-state index contributed by atoms with van der Waals surface area (Å²) >= 11 is 0. The van der Waals surface area contributed by atoms with E-state index in [0.717, 1.165) is 18.7 Å². The maximum atomic E-state index is 12.2. The Bertz CT molecular complexity index is 1180. The summed E-state index contributed by atoms with van der Waals surface area (Å²) in [5, 5.41) is 0. The van der Waals surface area contributed by atoms with Crippen LogP contribution in [0.15, 0.2) is 72.8 Å². The van der Waals surface area contributed by atoms with Crippen molar-refractivity contribution >= 4 is 11.8 Å². The molecule has 2 aliphatic heterocycles. The lowest BCUT2D eigenvalue weighted by molar-refractivity contribution is -0.0221. The van der Waals surface area contributed by atoms with E-state index < -0.39 is 5.60 Å². The smallest absolute Gasteiger partial charge is 0.410 e. The maximum absolute atomic E-state index is 12.2. The topological polar surface area (TPSA) is 42.0 Å². The molecular formula is C30H34N2O3. The Balaban J connectivity index is 1.31. The molecule has 0 spiro atoms. The minimum absolute atomic E-state index is 0.00688. The fourth-order valence-electron chi connectivity index (χ4n) is 4.92. The van der Waals surface area contributed by atoms with Crippen LogP contribution >= 0.6 is 0 Å². The van der Waals surface area contributed by atoms with Gasteiger partial charge in [0.05, 0.1) is 19.1 Å². The van der Waals surface area contributed by atoms with E-state index in [9.17, 15) is 4.79 Å². The summed E-state index contributed by atoms with van der Waals surface area (Å²) in [6, 6.07) is 26.1. The average Bonchev–Trinajstić information content (AvgIpc) is 2.80. The van der Waals surface area contributed by atoms with E-state index in [1.54, 1.807) is 4.90 Å². The van der Waals surface area contributed by atoms with Crippen molar-refractivity contribution < 1.29 is 14.3 Å². The molecule has 2 aliphatic rings. The highest BCUT2D eigenvalue weighted by molar-refractivity contribution is 5.69. The van der Waals surface area contributed by atoms with Gasteiger partial charge in [-0.15, -0.1) is 0 Å². The standard InChI is InChI=1S/C30H34N2O3/c1-21-10-15-27-23(18-21)16-17-32(24-8-6-5-7-9-24)28(27)22-11-13-25(14-12-22)34-26-19-31(20-26)29(33)35-30(2,3)4/h5-15,18,26,28H,16-17,19-20H2,1-4H3. The first-order valence-corrected chi connectivity index (χ1v) is 12.4. The molecule has 5 heteroatoms. The van der Waals surface area contributed by atoms with E-state index in [4.69, 9.17) is 9.47 Å². The number of benzene rings is 3. The van der Waals surface area contributed by atoms with Crippen molar-refractivity contribution in [1.29, 1.82) is 0 Å². The fraction of sp³-hybridized carbons (Fsp3) is 0.367. The zero-order chi connectivity index (χ0) is 24.6. The number of nitrogens with zero attached hydrogens (tertiary/aromatic N) is 2. The number of amides is 1. The van der Waals surface area contributed by atoms with Gasteiger partial charge in [0.25, 0.3) is 0 Å². The second-order valence-electron chi connectivity index (χ2n) is 10.6. The van der Waals surface area contributed by atoms with Gasteiger partial charge in [-0.25, -0.2) is 4.79 Å². The van der Waals surface area contributed by atoms with Crippen molar-refractivity contribution in [3.63, 3.8) is 0 Å². The van der Waals surface area contributed by atoms with Gasteiger partial charge in [0.15, 0.2) is 0 Å². The normalized spacial score (nSPS) is 18.0. The van der Waals surface area contributed by atoms with Crippen LogP contribution in [0.5, 0.6) is 5.75 Å². The lowest BCUT2D eigenvalue weighted by atomic mass is 9.87. The molecule has 1 unspecified atom stereocenters. The summed E-state index contributed by atoms with van der Waals surface area (Å²) in [6.07, 6.45) is 0.756. The van der Waals surface area contributed by atoms with Crippen LogP contribution in [0, 0.1) is 6.92 Å². The van der Waals surface area contributed by atoms with E-state index in [2.05, 4.69) is 84.6 Å². The van der Waals surface area contributed by atoms with E-state index in [1.807, 2.05) is 20.8 Å². The molecular weight excluding hydrogens is 436 g/mol. The number of hydrogen-bond acceptors (Lipinski definition) is 4. The van der Waals surface area contributed by atoms with Gasteiger partial charge in [-0.2, -0.15) is 0 Å². The average molecular weight is 471 g/mol. The first kappa shape index (κ1) is 23.3. The molecule has 1 saturated heterocycles. The van der Waals surface area contributed by atoms with Gasteiger partial charge in [-0.3, -0.25) is 0 Å². The maximum Gasteiger partial charge on any atom is 0.410 e. The first-order valence-electron chi connectivity index (χ1n) is 12.4. The summed E-state index contributed by atoms with van der Waals surface area (Å²) in [6.45, 7) is 9.88. The molecule has 0 aliphatic carbocycles. The molecule has 0 saturated carbocycles. The molecule has 5 rings (SSSR count). The molecule has 0 aromatic heterocycles. The minimum Gasteiger partial charge on any atom is -0.487 e. The third kappa shape index (κ3) is 5.14. The molecule has 2 heterocycles. The molecule has 3 aromatic carbocycles. The largest absolute Gasteiger partial charge is 0.487 e. The van der Waals surface area contributed by atoms with Crippen LogP contribution in [0.1, 0.15) is 49.1 Å². The lowest BCUT2D eigenvalue weighted by Gasteiger charge is -2.40. The van der Waals surface area contributed by atoms with Crippen molar-refractivity contribution in [2.45, 2.75) is 51.9 Å². The van der Waals surface area contributed by atoms with Crippen molar-refractivity contribution in [3.8, 4) is 5.75 Å². The molecule has 3 aromatic rings. The number of carbonyl (C=O) groups excluding carboxylic acids is 1. The van der Waals surface area contributed by atoms with Gasteiger partial charge < -0.3 is 19.3 Å². The van der Waals surface area contributed by atoms with Gasteiger partial charge in [-0.05, 0) is 75.1 Å². The predicted molar refractivity (Wildman–Crippen MR) is 139 cm³/mol. The summed E-state index contributed by atoms with van der Waals surface area (Å²) in [7, 11) is 0. The summed E-state index contributed by atoms with van der Waals surface area (Å²) in [4.78, 5) is 16.4. The monoisotopic (exact) mass is 470 g/mol. The minimum atomic E-state index is -0.483. The number of rotatable bonds is 4. The van der Waals surface area contributed by atoms with Crippen molar-refractivity contribution in [2.75, 3.05) is 24.5 Å². The number of anilines is 1. The van der Waals surface area contributed by atoms with E-state index in [1.165, 1.54) is 27.9 Å². The Morgan fingerprint density at radius 3 is 2.34 bits per heavy atom. The highest BCUT2D eigenvalue weighted by atomic mass is 16.6. The third-order valence-corrected chi connectivity index (χ3v) is 6.61. The molecule has 1 amide bonds. The van der Waals surface area contributed by atoms with Gasteiger partial charge in [0.2, 0.25) is 0 Å². The molecule has 1 fully saturated rings. The third-order valence-electron chi connectivity index (χ3n) is 6.61. The van der Waals surface area contributed by atoms with Crippen LogP contribution in [-0.2, 0) is 11.2 Å². The first-order chi connectivity index (χ1) is 16.8. The fourth-order valence-corrected chi connectivity index (χ4v) is 4.92. The Morgan fingerprint density at radius 1 is 0.943 bits per heavy atom. The summed E-state index contributed by atoms with van der Waals surface area (Å²) in [5.41, 5.74) is 6.10. The number of para-hydroxylation sites is 1. The Morgan fingerprint density at radius 2 is 1.66 bits per heavy atom. The number of hydrogen-bond donors (Lipinski definition) is 0. The predicted octanol–water partition coefficient (Wildman–Crippen LogP) is 6.15. The lowest BCUT2D eigenvalue weighted by Crippen LogP contribution is -2.57. The number of fused-ring (bicyclic) bond motifs is 1. The van der Waals surface area contributed by atoms with Gasteiger partial charge in [-0.1, -0.05) is 54.1 Å². The van der Waals surface area contributed by atoms with Crippen LogP contribution < -0.4 is 9.64 Å². The summed E-state index contributed by atoms with van der Waals surface area (Å²) in [5.74, 6) is 0.828.